The fourth-order valence-electron chi connectivity index (χ4n) is 2.13. The predicted octanol–water partition coefficient (Wildman–Crippen LogP) is 2.82. The van der Waals surface area contributed by atoms with Gasteiger partial charge in [0.15, 0.2) is 0 Å². The van der Waals surface area contributed by atoms with Gasteiger partial charge < -0.3 is 10.1 Å². The average Bonchev–Trinajstić information content (AvgIpc) is 2.61. The molecule has 1 N–H and O–H groups in total. The lowest BCUT2D eigenvalue weighted by molar-refractivity contribution is -0.146. The maximum Gasteiger partial charge on any atom is 0.315 e. The first kappa shape index (κ1) is 16.5. The molecule has 0 bridgehead atoms. The van der Waals surface area contributed by atoms with Crippen LogP contribution in [-0.2, 0) is 20.9 Å². The summed E-state index contributed by atoms with van der Waals surface area (Å²) in [5, 5.41) is 2.65. The van der Waals surface area contributed by atoms with Crippen LogP contribution in [0.15, 0.2) is 73.3 Å². The number of hydrogen-bond donors (Lipinski definition) is 1. The number of esters is 1. The number of benzene rings is 2. The molecule has 2 aromatic carbocycles. The molecule has 0 saturated carbocycles. The van der Waals surface area contributed by atoms with Gasteiger partial charge in [-0.1, -0.05) is 67.2 Å². The molecule has 0 aromatic heterocycles. The summed E-state index contributed by atoms with van der Waals surface area (Å²) < 4.78 is 5.39. The zero-order valence-corrected chi connectivity index (χ0v) is 12.8. The van der Waals surface area contributed by atoms with E-state index in [1.54, 1.807) is 0 Å². The van der Waals surface area contributed by atoms with Crippen LogP contribution in [0.3, 0.4) is 0 Å². The van der Waals surface area contributed by atoms with Gasteiger partial charge >= 0.3 is 5.97 Å². The number of ether oxygens (including phenoxy) is 1. The van der Waals surface area contributed by atoms with Crippen LogP contribution < -0.4 is 5.32 Å². The molecule has 0 aliphatic heterocycles. The normalized spacial score (nSPS) is 11.3. The Hall–Kier alpha value is -2.88. The van der Waals surface area contributed by atoms with Crippen molar-refractivity contribution < 1.29 is 14.3 Å². The van der Waals surface area contributed by atoms with Gasteiger partial charge in [-0.15, -0.1) is 0 Å². The molecule has 0 aliphatic carbocycles. The Balaban J connectivity index is 2.04. The van der Waals surface area contributed by atoms with Crippen molar-refractivity contribution in [3.8, 4) is 0 Å². The number of amides is 1. The van der Waals surface area contributed by atoms with Crippen molar-refractivity contribution in [2.24, 2.45) is 0 Å². The van der Waals surface area contributed by atoms with Crippen molar-refractivity contribution in [2.45, 2.75) is 12.5 Å². The number of carbonyl (C=O) groups excluding carboxylic acids is 2. The second-order valence-corrected chi connectivity index (χ2v) is 5.01. The summed E-state index contributed by atoms with van der Waals surface area (Å²) in [5.74, 6) is -1.24. The SMILES string of the molecule is C=CC(=O)NC[C@H](C(=O)OCc1ccccc1)c1ccccc1. The van der Waals surface area contributed by atoms with Crippen LogP contribution in [0, 0.1) is 0 Å². The van der Waals surface area contributed by atoms with Gasteiger partial charge in [-0.25, -0.2) is 0 Å². The Morgan fingerprint density at radius 1 is 1.04 bits per heavy atom. The molecule has 0 fully saturated rings. The molecule has 118 valence electrons. The van der Waals surface area contributed by atoms with E-state index in [-0.39, 0.29) is 25.0 Å². The highest BCUT2D eigenvalue weighted by atomic mass is 16.5. The summed E-state index contributed by atoms with van der Waals surface area (Å²) >= 11 is 0. The molecule has 23 heavy (non-hydrogen) atoms. The third-order valence-electron chi connectivity index (χ3n) is 3.38. The highest BCUT2D eigenvalue weighted by Gasteiger charge is 2.22. The number of rotatable bonds is 7. The molecule has 0 unspecified atom stereocenters. The maximum absolute atomic E-state index is 12.4. The van der Waals surface area contributed by atoms with Crippen LogP contribution in [0.5, 0.6) is 0 Å². The highest BCUT2D eigenvalue weighted by Crippen LogP contribution is 2.17. The molecule has 0 spiro atoms. The topological polar surface area (TPSA) is 55.4 Å². The van der Waals surface area contributed by atoms with Crippen LogP contribution in [0.25, 0.3) is 0 Å². The lowest BCUT2D eigenvalue weighted by atomic mass is 9.99. The lowest BCUT2D eigenvalue weighted by Gasteiger charge is -2.17. The molecule has 1 amide bonds. The van der Waals surface area contributed by atoms with Crippen LogP contribution in [0.2, 0.25) is 0 Å². The van der Waals surface area contributed by atoms with Gasteiger partial charge in [0, 0.05) is 6.54 Å². The molecule has 0 heterocycles. The van der Waals surface area contributed by atoms with E-state index < -0.39 is 5.92 Å². The Labute approximate surface area is 135 Å². The average molecular weight is 309 g/mol. The summed E-state index contributed by atoms with van der Waals surface area (Å²) in [4.78, 5) is 23.8. The van der Waals surface area contributed by atoms with Crippen molar-refractivity contribution in [1.82, 2.24) is 5.32 Å². The fourth-order valence-corrected chi connectivity index (χ4v) is 2.13. The second kappa shape index (κ2) is 8.54. The molecule has 0 aliphatic rings. The standard InChI is InChI=1S/C19H19NO3/c1-2-18(21)20-13-17(16-11-7-4-8-12-16)19(22)23-14-15-9-5-3-6-10-15/h2-12,17H,1,13-14H2,(H,20,21)/t17-/m0/s1. The van der Waals surface area contributed by atoms with Crippen molar-refractivity contribution >= 4 is 11.9 Å². The van der Waals surface area contributed by atoms with E-state index in [1.807, 2.05) is 60.7 Å². The molecular formula is C19H19NO3. The Kier molecular flexibility index (Phi) is 6.12. The molecule has 2 aromatic rings. The summed E-state index contributed by atoms with van der Waals surface area (Å²) in [6, 6.07) is 18.7. The van der Waals surface area contributed by atoms with Crippen molar-refractivity contribution in [3.63, 3.8) is 0 Å². The fraction of sp³-hybridized carbons (Fsp3) is 0.158. The Morgan fingerprint density at radius 3 is 2.26 bits per heavy atom. The van der Waals surface area contributed by atoms with E-state index in [0.29, 0.717) is 0 Å². The van der Waals surface area contributed by atoms with Gasteiger partial charge in [0.1, 0.15) is 6.61 Å². The zero-order chi connectivity index (χ0) is 16.5. The van der Waals surface area contributed by atoms with Gasteiger partial charge in [-0.2, -0.15) is 0 Å². The third-order valence-corrected chi connectivity index (χ3v) is 3.38. The van der Waals surface area contributed by atoms with E-state index in [9.17, 15) is 9.59 Å². The zero-order valence-electron chi connectivity index (χ0n) is 12.8. The summed E-state index contributed by atoms with van der Waals surface area (Å²) in [5.41, 5.74) is 1.72. The first-order chi connectivity index (χ1) is 11.2. The third kappa shape index (κ3) is 5.11. The van der Waals surface area contributed by atoms with Gasteiger partial charge in [0.25, 0.3) is 0 Å². The molecule has 2 rings (SSSR count). The first-order valence-corrected chi connectivity index (χ1v) is 7.36. The summed E-state index contributed by atoms with van der Waals surface area (Å²) in [6.45, 7) is 3.78. The molecule has 4 nitrogen and oxygen atoms in total. The van der Waals surface area contributed by atoms with Crippen molar-refractivity contribution in [2.75, 3.05) is 6.54 Å². The van der Waals surface area contributed by atoms with Crippen molar-refractivity contribution in [1.29, 1.82) is 0 Å². The van der Waals surface area contributed by atoms with Crippen LogP contribution in [0.4, 0.5) is 0 Å². The molecular weight excluding hydrogens is 290 g/mol. The highest BCUT2D eigenvalue weighted by molar-refractivity contribution is 5.87. The first-order valence-electron chi connectivity index (χ1n) is 7.36. The maximum atomic E-state index is 12.4. The van der Waals surface area contributed by atoms with Gasteiger partial charge in [0.05, 0.1) is 5.92 Å². The second-order valence-electron chi connectivity index (χ2n) is 5.01. The number of hydrogen-bond acceptors (Lipinski definition) is 3. The molecule has 1 atom stereocenters. The summed E-state index contributed by atoms with van der Waals surface area (Å²) in [6.07, 6.45) is 1.18. The van der Waals surface area contributed by atoms with Crippen LogP contribution >= 0.6 is 0 Å². The molecule has 0 saturated heterocycles. The minimum Gasteiger partial charge on any atom is -0.460 e. The monoisotopic (exact) mass is 309 g/mol. The summed E-state index contributed by atoms with van der Waals surface area (Å²) in [7, 11) is 0. The Bertz CT molecular complexity index is 653. The van der Waals surface area contributed by atoms with E-state index in [0.717, 1.165) is 11.1 Å². The lowest BCUT2D eigenvalue weighted by Crippen LogP contribution is -2.31. The van der Waals surface area contributed by atoms with Crippen LogP contribution in [-0.4, -0.2) is 18.4 Å². The minimum absolute atomic E-state index is 0.169. The van der Waals surface area contributed by atoms with Gasteiger partial charge in [-0.3, -0.25) is 9.59 Å². The van der Waals surface area contributed by atoms with Gasteiger partial charge in [0.2, 0.25) is 5.91 Å². The van der Waals surface area contributed by atoms with Gasteiger partial charge in [-0.05, 0) is 17.2 Å². The predicted molar refractivity (Wildman–Crippen MR) is 88.6 cm³/mol. The Morgan fingerprint density at radius 2 is 1.65 bits per heavy atom. The van der Waals surface area contributed by atoms with E-state index >= 15 is 0 Å². The minimum atomic E-state index is -0.552. The number of carbonyl (C=O) groups is 2. The van der Waals surface area contributed by atoms with E-state index in [2.05, 4.69) is 11.9 Å². The quantitative estimate of drug-likeness (QED) is 0.632. The van der Waals surface area contributed by atoms with E-state index in [4.69, 9.17) is 4.74 Å². The molecule has 0 radical (unpaired) electrons. The smallest absolute Gasteiger partial charge is 0.315 e. The van der Waals surface area contributed by atoms with E-state index in [1.165, 1.54) is 6.08 Å². The largest absolute Gasteiger partial charge is 0.460 e. The van der Waals surface area contributed by atoms with Crippen LogP contribution in [0.1, 0.15) is 17.0 Å². The van der Waals surface area contributed by atoms with Crippen molar-refractivity contribution in [3.05, 3.63) is 84.4 Å². The molecule has 4 heteroatoms. The number of nitrogens with one attached hydrogen (secondary N) is 1.